The van der Waals surface area contributed by atoms with E-state index >= 15 is 0 Å². The lowest BCUT2D eigenvalue weighted by Gasteiger charge is -2.29. The molecule has 1 amide bonds. The first-order chi connectivity index (χ1) is 17.6. The van der Waals surface area contributed by atoms with E-state index in [2.05, 4.69) is 65.4 Å². The molecule has 6 heteroatoms. The standard InChI is InChI=1S/C31H34N4O2.H2/c1-19-15-25(16-20(2)33-19)29-21(3)26-9-7-23(17-28(26)34-29)24-8-10-27(32-18-24)22-11-13-35(14-12-22)30(36)37-31(4,5)6;/h7-11,15-18,34H,12-14H2,1-6H3;1H. The molecule has 1 aliphatic rings. The highest BCUT2D eigenvalue weighted by atomic mass is 16.6. The molecule has 0 fully saturated rings. The summed E-state index contributed by atoms with van der Waals surface area (Å²) >= 11 is 0. The van der Waals surface area contributed by atoms with Crippen LogP contribution in [0.3, 0.4) is 0 Å². The molecule has 3 aromatic heterocycles. The average Bonchev–Trinajstić information content (AvgIpc) is 3.18. The van der Waals surface area contributed by atoms with Gasteiger partial charge in [0.05, 0.1) is 5.69 Å². The van der Waals surface area contributed by atoms with Crippen molar-refractivity contribution in [2.45, 2.75) is 53.6 Å². The zero-order valence-electron chi connectivity index (χ0n) is 22.5. The van der Waals surface area contributed by atoms with Crippen LogP contribution in [0.1, 0.15) is 51.3 Å². The van der Waals surface area contributed by atoms with Crippen LogP contribution in [-0.2, 0) is 4.74 Å². The molecular weight excluding hydrogens is 460 g/mol. The van der Waals surface area contributed by atoms with Gasteiger partial charge in [0.25, 0.3) is 0 Å². The molecule has 192 valence electrons. The van der Waals surface area contributed by atoms with E-state index < -0.39 is 5.60 Å². The molecule has 0 aliphatic carbocycles. The van der Waals surface area contributed by atoms with Crippen LogP contribution >= 0.6 is 0 Å². The fraction of sp³-hybridized carbons (Fsp3) is 0.323. The minimum atomic E-state index is -0.487. The number of aromatic amines is 1. The number of rotatable bonds is 3. The number of nitrogens with zero attached hydrogens (tertiary/aromatic N) is 3. The highest BCUT2D eigenvalue weighted by Crippen LogP contribution is 2.33. The number of carbonyl (C=O) groups is 1. The molecule has 0 unspecified atom stereocenters. The van der Waals surface area contributed by atoms with Crippen LogP contribution in [0, 0.1) is 20.8 Å². The first kappa shape index (κ1) is 24.8. The van der Waals surface area contributed by atoms with Crippen LogP contribution in [0.25, 0.3) is 38.9 Å². The fourth-order valence-corrected chi connectivity index (χ4v) is 4.93. The van der Waals surface area contributed by atoms with Gasteiger partial charge in [-0.05, 0) is 88.9 Å². The summed E-state index contributed by atoms with van der Waals surface area (Å²) in [6.07, 6.45) is 4.51. The Morgan fingerprint density at radius 2 is 1.73 bits per heavy atom. The predicted octanol–water partition coefficient (Wildman–Crippen LogP) is 7.49. The van der Waals surface area contributed by atoms with Gasteiger partial charge in [-0.15, -0.1) is 0 Å². The van der Waals surface area contributed by atoms with Crippen LogP contribution in [0.5, 0.6) is 0 Å². The first-order valence-electron chi connectivity index (χ1n) is 12.8. The number of nitrogens with one attached hydrogen (secondary N) is 1. The Kier molecular flexibility index (Phi) is 6.36. The van der Waals surface area contributed by atoms with Crippen molar-refractivity contribution in [3.05, 3.63) is 77.4 Å². The van der Waals surface area contributed by atoms with Crippen LogP contribution in [0.2, 0.25) is 0 Å². The maximum absolute atomic E-state index is 12.3. The van der Waals surface area contributed by atoms with E-state index in [1.54, 1.807) is 4.90 Å². The molecule has 4 heterocycles. The van der Waals surface area contributed by atoms with Crippen molar-refractivity contribution in [1.82, 2.24) is 19.9 Å². The van der Waals surface area contributed by atoms with E-state index in [0.29, 0.717) is 13.1 Å². The van der Waals surface area contributed by atoms with Crippen molar-refractivity contribution in [3.63, 3.8) is 0 Å². The Bertz CT molecular complexity index is 1490. The molecule has 0 radical (unpaired) electrons. The maximum atomic E-state index is 12.3. The second kappa shape index (κ2) is 9.51. The molecule has 0 spiro atoms. The van der Waals surface area contributed by atoms with Crippen molar-refractivity contribution in [3.8, 4) is 22.4 Å². The van der Waals surface area contributed by atoms with Gasteiger partial charge in [-0.1, -0.05) is 24.3 Å². The zero-order chi connectivity index (χ0) is 26.3. The number of hydrogen-bond acceptors (Lipinski definition) is 4. The molecule has 37 heavy (non-hydrogen) atoms. The third-order valence-electron chi connectivity index (χ3n) is 6.72. The topological polar surface area (TPSA) is 71.1 Å². The third-order valence-corrected chi connectivity index (χ3v) is 6.72. The van der Waals surface area contributed by atoms with Crippen molar-refractivity contribution in [1.29, 1.82) is 0 Å². The number of carbonyl (C=O) groups excluding carboxylic acids is 1. The van der Waals surface area contributed by atoms with E-state index in [9.17, 15) is 4.79 Å². The lowest BCUT2D eigenvalue weighted by molar-refractivity contribution is 0.0270. The van der Waals surface area contributed by atoms with E-state index in [1.807, 2.05) is 40.8 Å². The lowest BCUT2D eigenvalue weighted by atomic mass is 10.0. The molecular formula is C31H36N4O2. The number of H-pyrrole nitrogens is 1. The summed E-state index contributed by atoms with van der Waals surface area (Å²) in [7, 11) is 0. The zero-order valence-corrected chi connectivity index (χ0v) is 22.5. The predicted molar refractivity (Wildman–Crippen MR) is 151 cm³/mol. The molecule has 1 aliphatic heterocycles. The number of pyridine rings is 2. The molecule has 0 bridgehead atoms. The average molecular weight is 497 g/mol. The Balaban J connectivity index is 0.00000336. The van der Waals surface area contributed by atoms with Crippen LogP contribution < -0.4 is 0 Å². The summed E-state index contributed by atoms with van der Waals surface area (Å²) in [5.74, 6) is 0. The minimum Gasteiger partial charge on any atom is -0.444 e. The van der Waals surface area contributed by atoms with E-state index in [4.69, 9.17) is 9.72 Å². The van der Waals surface area contributed by atoms with Crippen molar-refractivity contribution >= 4 is 22.6 Å². The summed E-state index contributed by atoms with van der Waals surface area (Å²) < 4.78 is 5.49. The van der Waals surface area contributed by atoms with Gasteiger partial charge in [0.1, 0.15) is 5.60 Å². The van der Waals surface area contributed by atoms with Gasteiger partial charge < -0.3 is 14.6 Å². The molecule has 4 aromatic rings. The van der Waals surface area contributed by atoms with Crippen LogP contribution in [0.15, 0.2) is 54.7 Å². The third kappa shape index (κ3) is 5.29. The van der Waals surface area contributed by atoms with Crippen LogP contribution in [0.4, 0.5) is 4.79 Å². The van der Waals surface area contributed by atoms with Crippen molar-refractivity contribution in [2.75, 3.05) is 13.1 Å². The number of benzene rings is 1. The second-order valence-electron chi connectivity index (χ2n) is 10.9. The van der Waals surface area contributed by atoms with E-state index in [1.165, 1.54) is 10.9 Å². The Morgan fingerprint density at radius 3 is 2.35 bits per heavy atom. The number of fused-ring (bicyclic) bond motifs is 1. The van der Waals surface area contributed by atoms with Gasteiger partial charge in [-0.25, -0.2) is 4.79 Å². The van der Waals surface area contributed by atoms with E-state index in [-0.39, 0.29) is 7.52 Å². The number of ether oxygens (including phenoxy) is 1. The molecule has 0 saturated heterocycles. The summed E-state index contributed by atoms with van der Waals surface area (Å²) in [6.45, 7) is 13.1. The van der Waals surface area contributed by atoms with Gasteiger partial charge in [0.15, 0.2) is 0 Å². The molecule has 1 N–H and O–H groups in total. The monoisotopic (exact) mass is 496 g/mol. The SMILES string of the molecule is Cc1cc(-c2[nH]c3cc(-c4ccc(C5=CCN(C(=O)OC(C)(C)C)CC5)nc4)ccc3c2C)cc(C)n1.[HH]. The van der Waals surface area contributed by atoms with Gasteiger partial charge >= 0.3 is 6.09 Å². The summed E-state index contributed by atoms with van der Waals surface area (Å²) in [5, 5.41) is 1.22. The number of aryl methyl sites for hydroxylation is 3. The van der Waals surface area contributed by atoms with Gasteiger partial charge in [-0.2, -0.15) is 0 Å². The summed E-state index contributed by atoms with van der Waals surface area (Å²) in [6, 6.07) is 15.0. The number of hydrogen-bond donors (Lipinski definition) is 1. The van der Waals surface area contributed by atoms with Gasteiger partial charge in [0.2, 0.25) is 0 Å². The first-order valence-corrected chi connectivity index (χ1v) is 12.8. The maximum Gasteiger partial charge on any atom is 0.410 e. The normalized spacial score (nSPS) is 14.1. The minimum absolute atomic E-state index is 0. The Hall–Kier alpha value is -3.93. The lowest BCUT2D eigenvalue weighted by Crippen LogP contribution is -2.39. The number of amides is 1. The van der Waals surface area contributed by atoms with Crippen molar-refractivity contribution < 1.29 is 11.0 Å². The van der Waals surface area contributed by atoms with Gasteiger partial charge in [-0.3, -0.25) is 9.97 Å². The quantitative estimate of drug-likeness (QED) is 0.319. The Labute approximate surface area is 219 Å². The molecule has 6 nitrogen and oxygen atoms in total. The summed E-state index contributed by atoms with van der Waals surface area (Å²) in [4.78, 5) is 27.0. The largest absolute Gasteiger partial charge is 0.444 e. The van der Waals surface area contributed by atoms with Gasteiger partial charge in [0, 0.05) is 59.8 Å². The molecule has 5 rings (SSSR count). The number of aromatic nitrogens is 3. The fourth-order valence-electron chi connectivity index (χ4n) is 4.93. The smallest absolute Gasteiger partial charge is 0.410 e. The molecule has 0 atom stereocenters. The Morgan fingerprint density at radius 1 is 1.00 bits per heavy atom. The van der Waals surface area contributed by atoms with Crippen LogP contribution in [-0.4, -0.2) is 44.6 Å². The molecule has 0 saturated carbocycles. The second-order valence-corrected chi connectivity index (χ2v) is 10.9. The molecule has 1 aromatic carbocycles. The summed E-state index contributed by atoms with van der Waals surface area (Å²) in [5.41, 5.74) is 10.5. The van der Waals surface area contributed by atoms with E-state index in [0.717, 1.165) is 57.0 Å². The highest BCUT2D eigenvalue weighted by molar-refractivity contribution is 5.93. The highest BCUT2D eigenvalue weighted by Gasteiger charge is 2.24. The van der Waals surface area contributed by atoms with Crippen molar-refractivity contribution in [2.24, 2.45) is 0 Å².